The molecule has 0 aliphatic rings. The van der Waals surface area contributed by atoms with E-state index in [1.165, 1.54) is 16.7 Å². The molecule has 0 aromatic heterocycles. The van der Waals surface area contributed by atoms with Crippen LogP contribution in [-0.2, 0) is 0 Å². The Morgan fingerprint density at radius 1 is 0.905 bits per heavy atom. The molecular formula is C19H25NO. The Labute approximate surface area is 127 Å². The predicted octanol–water partition coefficient (Wildman–Crippen LogP) is 4.17. The van der Waals surface area contributed by atoms with Crippen LogP contribution in [0.2, 0.25) is 0 Å². The normalized spacial score (nSPS) is 13.9. The zero-order chi connectivity index (χ0) is 15.1. The molecule has 0 aliphatic carbocycles. The van der Waals surface area contributed by atoms with Crippen molar-refractivity contribution in [1.29, 1.82) is 0 Å². The third-order valence-electron chi connectivity index (χ3n) is 3.85. The van der Waals surface area contributed by atoms with Gasteiger partial charge in [-0.15, -0.1) is 0 Å². The number of aliphatic hydroxyl groups excluding tert-OH is 1. The van der Waals surface area contributed by atoms with Gasteiger partial charge in [0.2, 0.25) is 0 Å². The van der Waals surface area contributed by atoms with Gasteiger partial charge in [-0.1, -0.05) is 54.6 Å². The van der Waals surface area contributed by atoms with Crippen molar-refractivity contribution < 1.29 is 5.11 Å². The van der Waals surface area contributed by atoms with Gasteiger partial charge in [0.1, 0.15) is 0 Å². The second-order valence-corrected chi connectivity index (χ2v) is 5.64. The van der Waals surface area contributed by atoms with E-state index in [0.717, 1.165) is 12.8 Å². The summed E-state index contributed by atoms with van der Waals surface area (Å²) < 4.78 is 0. The second kappa shape index (κ2) is 7.96. The van der Waals surface area contributed by atoms with Crippen LogP contribution >= 0.6 is 0 Å². The first-order valence-electron chi connectivity index (χ1n) is 7.73. The van der Waals surface area contributed by atoms with Crippen LogP contribution in [0.25, 0.3) is 11.1 Å². The van der Waals surface area contributed by atoms with E-state index < -0.39 is 0 Å². The van der Waals surface area contributed by atoms with Crippen molar-refractivity contribution in [3.05, 3.63) is 60.2 Å². The maximum Gasteiger partial charge on any atom is 0.0431 e. The first-order chi connectivity index (χ1) is 10.2. The molecule has 0 spiro atoms. The lowest BCUT2D eigenvalue weighted by Gasteiger charge is -2.20. The van der Waals surface area contributed by atoms with E-state index in [1.54, 1.807) is 0 Å². The van der Waals surface area contributed by atoms with Crippen molar-refractivity contribution in [2.75, 3.05) is 6.61 Å². The SMILES string of the molecule is CC(CCCO)NC(C)c1ccc(-c2ccccc2)cc1. The van der Waals surface area contributed by atoms with Crippen molar-refractivity contribution in [1.82, 2.24) is 5.32 Å². The molecule has 2 unspecified atom stereocenters. The van der Waals surface area contributed by atoms with Crippen LogP contribution < -0.4 is 5.32 Å². The molecule has 2 atom stereocenters. The summed E-state index contributed by atoms with van der Waals surface area (Å²) >= 11 is 0. The number of rotatable bonds is 7. The van der Waals surface area contributed by atoms with E-state index in [2.05, 4.69) is 67.7 Å². The number of aliphatic hydroxyl groups is 1. The standard InChI is InChI=1S/C19H25NO/c1-15(7-6-14-21)20-16(2)17-10-12-19(13-11-17)18-8-4-3-5-9-18/h3-5,8-13,15-16,20-21H,6-7,14H2,1-2H3. The smallest absolute Gasteiger partial charge is 0.0431 e. The average molecular weight is 283 g/mol. The lowest BCUT2D eigenvalue weighted by molar-refractivity contribution is 0.274. The Morgan fingerprint density at radius 3 is 2.14 bits per heavy atom. The van der Waals surface area contributed by atoms with Crippen molar-refractivity contribution >= 4 is 0 Å². The molecule has 0 saturated heterocycles. The highest BCUT2D eigenvalue weighted by molar-refractivity contribution is 5.63. The molecule has 2 N–H and O–H groups in total. The van der Waals surface area contributed by atoms with Crippen LogP contribution in [0.3, 0.4) is 0 Å². The first-order valence-corrected chi connectivity index (χ1v) is 7.73. The topological polar surface area (TPSA) is 32.3 Å². The number of hydrogen-bond donors (Lipinski definition) is 2. The minimum atomic E-state index is 0.270. The molecule has 0 radical (unpaired) electrons. The summed E-state index contributed by atoms with van der Waals surface area (Å²) in [5, 5.41) is 12.5. The van der Waals surface area contributed by atoms with Gasteiger partial charge in [0.15, 0.2) is 0 Å². The van der Waals surface area contributed by atoms with E-state index in [9.17, 15) is 0 Å². The lowest BCUT2D eigenvalue weighted by Crippen LogP contribution is -2.29. The average Bonchev–Trinajstić information content (AvgIpc) is 2.54. The van der Waals surface area contributed by atoms with E-state index in [1.807, 2.05) is 6.07 Å². The number of nitrogens with one attached hydrogen (secondary N) is 1. The van der Waals surface area contributed by atoms with E-state index in [-0.39, 0.29) is 6.61 Å². The summed E-state index contributed by atoms with van der Waals surface area (Å²) in [6, 6.07) is 19.9. The fraction of sp³-hybridized carbons (Fsp3) is 0.368. The Bertz CT molecular complexity index is 521. The molecule has 0 saturated carbocycles. The van der Waals surface area contributed by atoms with Gasteiger partial charge in [0.25, 0.3) is 0 Å². The number of benzene rings is 2. The maximum absolute atomic E-state index is 8.88. The minimum absolute atomic E-state index is 0.270. The zero-order valence-corrected chi connectivity index (χ0v) is 12.9. The molecule has 0 bridgehead atoms. The summed E-state index contributed by atoms with van der Waals surface area (Å²) in [6.07, 6.45) is 1.86. The van der Waals surface area contributed by atoms with Gasteiger partial charge < -0.3 is 10.4 Å². The highest BCUT2D eigenvalue weighted by Crippen LogP contribution is 2.22. The van der Waals surface area contributed by atoms with Gasteiger partial charge in [-0.3, -0.25) is 0 Å². The van der Waals surface area contributed by atoms with Gasteiger partial charge in [0.05, 0.1) is 0 Å². The van der Waals surface area contributed by atoms with E-state index in [0.29, 0.717) is 12.1 Å². The fourth-order valence-corrected chi connectivity index (χ4v) is 2.60. The van der Waals surface area contributed by atoms with Crippen LogP contribution in [0.15, 0.2) is 54.6 Å². The maximum atomic E-state index is 8.88. The molecule has 2 rings (SSSR count). The van der Waals surface area contributed by atoms with Crippen LogP contribution in [0.1, 0.15) is 38.3 Å². The highest BCUT2D eigenvalue weighted by atomic mass is 16.2. The molecule has 2 heteroatoms. The Balaban J connectivity index is 1.98. The monoisotopic (exact) mass is 283 g/mol. The molecular weight excluding hydrogens is 258 g/mol. The molecule has 112 valence electrons. The molecule has 0 amide bonds. The van der Waals surface area contributed by atoms with E-state index in [4.69, 9.17) is 5.11 Å². The second-order valence-electron chi connectivity index (χ2n) is 5.64. The van der Waals surface area contributed by atoms with Crippen molar-refractivity contribution in [3.8, 4) is 11.1 Å². The third-order valence-corrected chi connectivity index (χ3v) is 3.85. The van der Waals surface area contributed by atoms with Gasteiger partial charge >= 0.3 is 0 Å². The largest absolute Gasteiger partial charge is 0.396 e. The third kappa shape index (κ3) is 4.69. The Hall–Kier alpha value is -1.64. The molecule has 0 heterocycles. The first kappa shape index (κ1) is 15.7. The molecule has 0 fully saturated rings. The van der Waals surface area contributed by atoms with Crippen LogP contribution in [0.5, 0.6) is 0 Å². The summed E-state index contributed by atoms with van der Waals surface area (Å²) in [5.74, 6) is 0. The van der Waals surface area contributed by atoms with Gasteiger partial charge in [-0.05, 0) is 43.4 Å². The Kier molecular flexibility index (Phi) is 5.97. The van der Waals surface area contributed by atoms with Crippen molar-refractivity contribution in [2.45, 2.75) is 38.8 Å². The fourth-order valence-electron chi connectivity index (χ4n) is 2.60. The molecule has 21 heavy (non-hydrogen) atoms. The predicted molar refractivity (Wildman–Crippen MR) is 89.2 cm³/mol. The van der Waals surface area contributed by atoms with Gasteiger partial charge in [-0.25, -0.2) is 0 Å². The summed E-state index contributed by atoms with van der Waals surface area (Å²) in [4.78, 5) is 0. The van der Waals surface area contributed by atoms with Gasteiger partial charge in [-0.2, -0.15) is 0 Å². The molecule has 2 aromatic carbocycles. The summed E-state index contributed by atoms with van der Waals surface area (Å²) in [7, 11) is 0. The van der Waals surface area contributed by atoms with Crippen molar-refractivity contribution in [2.24, 2.45) is 0 Å². The van der Waals surface area contributed by atoms with Crippen LogP contribution in [-0.4, -0.2) is 17.8 Å². The molecule has 0 aliphatic heterocycles. The summed E-state index contributed by atoms with van der Waals surface area (Å²) in [6.45, 7) is 4.63. The van der Waals surface area contributed by atoms with Crippen molar-refractivity contribution in [3.63, 3.8) is 0 Å². The Morgan fingerprint density at radius 2 is 1.52 bits per heavy atom. The van der Waals surface area contributed by atoms with Crippen LogP contribution in [0, 0.1) is 0 Å². The molecule has 2 nitrogen and oxygen atoms in total. The van der Waals surface area contributed by atoms with Crippen LogP contribution in [0.4, 0.5) is 0 Å². The van der Waals surface area contributed by atoms with E-state index >= 15 is 0 Å². The summed E-state index contributed by atoms with van der Waals surface area (Å²) in [5.41, 5.74) is 3.80. The lowest BCUT2D eigenvalue weighted by atomic mass is 10.0. The van der Waals surface area contributed by atoms with Gasteiger partial charge in [0, 0.05) is 18.7 Å². The quantitative estimate of drug-likeness (QED) is 0.799. The minimum Gasteiger partial charge on any atom is -0.396 e. The zero-order valence-electron chi connectivity index (χ0n) is 12.9. The molecule has 2 aromatic rings. The highest BCUT2D eigenvalue weighted by Gasteiger charge is 2.09. The number of hydrogen-bond acceptors (Lipinski definition) is 2.